The minimum absolute atomic E-state index is 0.0234. The van der Waals surface area contributed by atoms with Crippen LogP contribution in [0.5, 0.6) is 0 Å². The lowest BCUT2D eigenvalue weighted by Crippen LogP contribution is -2.58. The van der Waals surface area contributed by atoms with Gasteiger partial charge in [0.2, 0.25) is 0 Å². The topological polar surface area (TPSA) is 60.4 Å². The lowest BCUT2D eigenvalue weighted by Gasteiger charge is -2.62. The van der Waals surface area contributed by atoms with E-state index >= 15 is 0 Å². The fourth-order valence-corrected chi connectivity index (χ4v) is 8.77. The number of hydrogen-bond acceptors (Lipinski definition) is 3. The van der Waals surface area contributed by atoms with Gasteiger partial charge in [-0.1, -0.05) is 33.6 Å². The molecule has 154 valence electrons. The monoisotopic (exact) mass is 375 g/mol. The van der Waals surface area contributed by atoms with Crippen LogP contribution in [-0.4, -0.2) is 17.2 Å². The van der Waals surface area contributed by atoms with E-state index in [1.165, 1.54) is 44.9 Å². The zero-order chi connectivity index (χ0) is 19.4. The van der Waals surface area contributed by atoms with E-state index in [-0.39, 0.29) is 17.9 Å². The van der Waals surface area contributed by atoms with Gasteiger partial charge in [0.05, 0.1) is 6.10 Å². The summed E-state index contributed by atoms with van der Waals surface area (Å²) in [6.07, 6.45) is 12.3. The number of carboxylic acids is 1. The minimum Gasteiger partial charge on any atom is -0.550 e. The van der Waals surface area contributed by atoms with Gasteiger partial charge in [0.25, 0.3) is 0 Å². The van der Waals surface area contributed by atoms with Gasteiger partial charge in [-0.25, -0.2) is 0 Å². The number of carboxylic acid groups (broad SMARTS) is 1. The summed E-state index contributed by atoms with van der Waals surface area (Å²) in [6.45, 7) is 7.11. The van der Waals surface area contributed by atoms with Crippen LogP contribution < -0.4 is 5.11 Å². The van der Waals surface area contributed by atoms with Gasteiger partial charge in [-0.3, -0.25) is 0 Å². The number of fused-ring (bicyclic) bond motifs is 5. The maximum atomic E-state index is 11.5. The molecule has 0 spiro atoms. The fraction of sp³-hybridized carbons (Fsp3) is 0.958. The first-order valence-corrected chi connectivity index (χ1v) is 11.7. The zero-order valence-corrected chi connectivity index (χ0v) is 17.6. The van der Waals surface area contributed by atoms with Crippen molar-refractivity contribution in [2.24, 2.45) is 46.3 Å². The van der Waals surface area contributed by atoms with Crippen LogP contribution in [0.4, 0.5) is 0 Å². The number of aliphatic hydroxyl groups excluding tert-OH is 1. The number of aliphatic hydroxyl groups is 1. The van der Waals surface area contributed by atoms with Gasteiger partial charge in [-0.15, -0.1) is 0 Å². The molecule has 0 aromatic rings. The maximum absolute atomic E-state index is 11.5. The van der Waals surface area contributed by atoms with E-state index in [9.17, 15) is 15.0 Å². The van der Waals surface area contributed by atoms with E-state index in [0.717, 1.165) is 24.7 Å². The number of carbonyl (C=O) groups is 1. The van der Waals surface area contributed by atoms with Gasteiger partial charge < -0.3 is 15.0 Å². The molecule has 9 atom stereocenters. The lowest BCUT2D eigenvalue weighted by molar-refractivity contribution is -0.306. The molecule has 0 aromatic carbocycles. The Bertz CT molecular complexity index is 574. The minimum atomic E-state index is -0.936. The molecule has 4 aliphatic carbocycles. The fourth-order valence-electron chi connectivity index (χ4n) is 8.77. The molecule has 3 nitrogen and oxygen atoms in total. The third-order valence-electron chi connectivity index (χ3n) is 10.3. The van der Waals surface area contributed by atoms with Gasteiger partial charge in [0, 0.05) is 5.97 Å². The molecule has 4 rings (SSSR count). The standard InChI is InChI=1S/C24H40O3/c1-15(7-12-22(26)27)18-10-11-19-17-9-8-16-6-4-5-13-23(16,2)20(17)14-21(25)24(18,19)3/h15-21,25H,4-14H2,1-3H3,(H,26,27)/p-1/t15-,16-,17+,18+,19-,20-,21-,23-,24+/m0/s1. The summed E-state index contributed by atoms with van der Waals surface area (Å²) in [7, 11) is 0. The first-order chi connectivity index (χ1) is 12.8. The summed E-state index contributed by atoms with van der Waals surface area (Å²) in [5.74, 6) is 2.84. The number of hydrogen-bond donors (Lipinski definition) is 1. The normalized spacial score (nSPS) is 50.4. The van der Waals surface area contributed by atoms with E-state index in [1.807, 2.05) is 0 Å². The van der Waals surface area contributed by atoms with E-state index in [4.69, 9.17) is 0 Å². The predicted octanol–water partition coefficient (Wildman–Crippen LogP) is 4.17. The number of rotatable bonds is 4. The Kier molecular flexibility index (Phi) is 5.15. The first kappa shape index (κ1) is 19.7. The molecule has 0 aliphatic heterocycles. The van der Waals surface area contributed by atoms with E-state index in [2.05, 4.69) is 20.8 Å². The summed E-state index contributed by atoms with van der Waals surface area (Å²) in [5, 5.41) is 22.4. The van der Waals surface area contributed by atoms with E-state index in [1.54, 1.807) is 0 Å². The van der Waals surface area contributed by atoms with Gasteiger partial charge in [0.1, 0.15) is 0 Å². The van der Waals surface area contributed by atoms with Gasteiger partial charge in [-0.2, -0.15) is 0 Å². The molecular formula is C24H39O3-. The highest BCUT2D eigenvalue weighted by Gasteiger charge is 2.63. The van der Waals surface area contributed by atoms with Crippen LogP contribution in [0.15, 0.2) is 0 Å². The Hall–Kier alpha value is -0.570. The zero-order valence-electron chi connectivity index (χ0n) is 17.6. The third-order valence-corrected chi connectivity index (χ3v) is 10.3. The summed E-state index contributed by atoms with van der Waals surface area (Å²) in [4.78, 5) is 10.9. The highest BCUT2D eigenvalue weighted by Crippen LogP contribution is 2.68. The molecule has 0 saturated heterocycles. The molecule has 27 heavy (non-hydrogen) atoms. The van der Waals surface area contributed by atoms with Gasteiger partial charge in [0.15, 0.2) is 0 Å². The largest absolute Gasteiger partial charge is 0.550 e. The third kappa shape index (κ3) is 2.98. The summed E-state index contributed by atoms with van der Waals surface area (Å²) in [5.41, 5.74) is 0.423. The number of carbonyl (C=O) groups excluding carboxylic acids is 1. The summed E-state index contributed by atoms with van der Waals surface area (Å²) >= 11 is 0. The molecule has 4 aliphatic rings. The second-order valence-corrected chi connectivity index (χ2v) is 11.1. The quantitative estimate of drug-likeness (QED) is 0.802. The molecule has 4 saturated carbocycles. The SMILES string of the molecule is C[C@@H](CCC(=O)[O-])[C@H]1CC[C@H]2[C@H]3CC[C@@H]4CCCC[C@]4(C)[C@H]3C[C@H](O)[C@]12C. The second kappa shape index (κ2) is 7.04. The maximum Gasteiger partial charge on any atom is 0.0602 e. The molecule has 0 bridgehead atoms. The highest BCUT2D eigenvalue weighted by molar-refractivity contribution is 5.64. The molecule has 0 radical (unpaired) electrons. The second-order valence-electron chi connectivity index (χ2n) is 11.1. The van der Waals surface area contributed by atoms with Crippen LogP contribution in [-0.2, 0) is 4.79 Å². The Balaban J connectivity index is 1.57. The van der Waals surface area contributed by atoms with Gasteiger partial charge in [-0.05, 0) is 104 Å². The van der Waals surface area contributed by atoms with Crippen molar-refractivity contribution >= 4 is 5.97 Å². The van der Waals surface area contributed by atoms with E-state index < -0.39 is 5.97 Å². The first-order valence-electron chi connectivity index (χ1n) is 11.7. The predicted molar refractivity (Wildman–Crippen MR) is 105 cm³/mol. The van der Waals surface area contributed by atoms with Crippen molar-refractivity contribution in [3.8, 4) is 0 Å². The van der Waals surface area contributed by atoms with Crippen molar-refractivity contribution in [2.75, 3.05) is 0 Å². The molecule has 0 aromatic heterocycles. The van der Waals surface area contributed by atoms with E-state index in [0.29, 0.717) is 35.5 Å². The molecule has 0 amide bonds. The molecule has 1 N–H and O–H groups in total. The molecule has 3 heteroatoms. The Labute approximate surface area is 165 Å². The summed E-state index contributed by atoms with van der Waals surface area (Å²) in [6, 6.07) is 0. The van der Waals surface area contributed by atoms with Crippen molar-refractivity contribution in [1.82, 2.24) is 0 Å². The molecule has 0 heterocycles. The van der Waals surface area contributed by atoms with Gasteiger partial charge >= 0.3 is 0 Å². The van der Waals surface area contributed by atoms with Crippen LogP contribution in [0.2, 0.25) is 0 Å². The van der Waals surface area contributed by atoms with Crippen molar-refractivity contribution in [3.63, 3.8) is 0 Å². The van der Waals surface area contributed by atoms with Crippen molar-refractivity contribution in [2.45, 2.75) is 97.5 Å². The number of aliphatic carboxylic acids is 1. The van der Waals surface area contributed by atoms with Crippen molar-refractivity contribution in [3.05, 3.63) is 0 Å². The average Bonchev–Trinajstić information content (AvgIpc) is 2.99. The Morgan fingerprint density at radius 2 is 1.89 bits per heavy atom. The molecule has 4 fully saturated rings. The smallest absolute Gasteiger partial charge is 0.0602 e. The van der Waals surface area contributed by atoms with Crippen LogP contribution in [0.1, 0.15) is 91.4 Å². The average molecular weight is 376 g/mol. The molecular weight excluding hydrogens is 336 g/mol. The van der Waals surface area contributed by atoms with Crippen LogP contribution >= 0.6 is 0 Å². The van der Waals surface area contributed by atoms with Crippen molar-refractivity contribution in [1.29, 1.82) is 0 Å². The summed E-state index contributed by atoms with van der Waals surface area (Å²) < 4.78 is 0. The van der Waals surface area contributed by atoms with Crippen LogP contribution in [0, 0.1) is 46.3 Å². The van der Waals surface area contributed by atoms with Crippen LogP contribution in [0.3, 0.4) is 0 Å². The Morgan fingerprint density at radius 3 is 2.63 bits per heavy atom. The van der Waals surface area contributed by atoms with Crippen LogP contribution in [0.25, 0.3) is 0 Å². The highest BCUT2D eigenvalue weighted by atomic mass is 16.4. The van der Waals surface area contributed by atoms with Crippen molar-refractivity contribution < 1.29 is 15.0 Å². The Morgan fingerprint density at radius 1 is 1.11 bits per heavy atom. The lowest BCUT2D eigenvalue weighted by atomic mass is 9.44. The molecule has 0 unspecified atom stereocenters.